The van der Waals surface area contributed by atoms with Gasteiger partial charge in [-0.05, 0) is 20.9 Å². The van der Waals surface area contributed by atoms with E-state index in [1.165, 1.54) is 6.92 Å². The average molecular weight is 367 g/mol. The second kappa shape index (κ2) is 6.44. The number of hydrogen-bond acceptors (Lipinski definition) is 8. The van der Waals surface area contributed by atoms with Crippen LogP contribution in [-0.4, -0.2) is 77.9 Å². The van der Waals surface area contributed by atoms with E-state index in [4.69, 9.17) is 14.2 Å². The third-order valence-corrected chi connectivity index (χ3v) is 5.78. The molecule has 3 aliphatic heterocycles. The Morgan fingerprint density at radius 1 is 1.23 bits per heavy atom. The van der Waals surface area contributed by atoms with Gasteiger partial charge < -0.3 is 24.2 Å². The Kier molecular flexibility index (Phi) is 4.71. The quantitative estimate of drug-likeness (QED) is 0.465. The summed E-state index contributed by atoms with van der Waals surface area (Å²) in [6, 6.07) is 0. The fourth-order valence-corrected chi connectivity index (χ4v) is 3.58. The van der Waals surface area contributed by atoms with Gasteiger partial charge >= 0.3 is 11.9 Å². The number of ether oxygens (including phenoxy) is 3. The maximum atomic E-state index is 12.9. The lowest BCUT2D eigenvalue weighted by atomic mass is 9.78. The smallest absolute Gasteiger partial charge is 0.342 e. The van der Waals surface area contributed by atoms with Crippen molar-refractivity contribution in [2.24, 2.45) is 5.92 Å². The van der Waals surface area contributed by atoms with E-state index in [9.17, 15) is 19.5 Å². The molecule has 2 fully saturated rings. The number of rotatable bonds is 0. The third-order valence-electron chi connectivity index (χ3n) is 5.78. The summed E-state index contributed by atoms with van der Waals surface area (Å²) < 4.78 is 16.3. The molecule has 3 heterocycles. The summed E-state index contributed by atoms with van der Waals surface area (Å²) in [7, 11) is 1.88. The summed E-state index contributed by atoms with van der Waals surface area (Å²) >= 11 is 0. The van der Waals surface area contributed by atoms with Crippen LogP contribution in [0.3, 0.4) is 0 Å². The van der Waals surface area contributed by atoms with Crippen molar-refractivity contribution >= 4 is 17.7 Å². The molecule has 5 atom stereocenters. The van der Waals surface area contributed by atoms with Crippen LogP contribution in [0.4, 0.5) is 0 Å². The standard InChI is InChI=1S/C18H25NO7/c1-10-17(3,23)15(21)24-9-12-5-7-19(4)8-6-13(14(12)20)25-16(22)18(10)11(2)26-18/h5,10-11,13,23H,6-9H2,1-4H3/b12-5-/t10-,11?,13-,17-,18-/m1/s1. The fraction of sp³-hybridized carbons (Fsp3) is 0.722. The summed E-state index contributed by atoms with van der Waals surface area (Å²) in [5, 5.41) is 10.7. The second-order valence-electron chi connectivity index (χ2n) is 7.54. The highest BCUT2D eigenvalue weighted by Gasteiger charge is 2.70. The third kappa shape index (κ3) is 2.95. The molecule has 0 aromatic rings. The number of esters is 2. The van der Waals surface area contributed by atoms with Crippen LogP contribution >= 0.6 is 0 Å². The Morgan fingerprint density at radius 3 is 2.50 bits per heavy atom. The molecule has 1 N–H and O–H groups in total. The van der Waals surface area contributed by atoms with Crippen molar-refractivity contribution in [3.8, 4) is 0 Å². The van der Waals surface area contributed by atoms with E-state index < -0.39 is 41.3 Å². The maximum absolute atomic E-state index is 12.9. The zero-order valence-electron chi connectivity index (χ0n) is 15.5. The first-order chi connectivity index (χ1) is 12.1. The van der Waals surface area contributed by atoms with Crippen LogP contribution in [0.5, 0.6) is 0 Å². The minimum atomic E-state index is -1.96. The minimum Gasteiger partial charge on any atom is -0.459 e. The molecule has 8 heteroatoms. The van der Waals surface area contributed by atoms with Gasteiger partial charge in [0.25, 0.3) is 0 Å². The monoisotopic (exact) mass is 367 g/mol. The number of likely N-dealkylation sites (N-methyl/N-ethyl adjacent to an activating group) is 1. The molecule has 0 saturated carbocycles. The summed E-state index contributed by atoms with van der Waals surface area (Å²) in [4.78, 5) is 40.1. The van der Waals surface area contributed by atoms with Gasteiger partial charge in [-0.15, -0.1) is 0 Å². The van der Waals surface area contributed by atoms with Crippen LogP contribution in [0.1, 0.15) is 27.2 Å². The van der Waals surface area contributed by atoms with Gasteiger partial charge in [0.15, 0.2) is 17.3 Å². The van der Waals surface area contributed by atoms with Crippen molar-refractivity contribution in [2.75, 3.05) is 26.7 Å². The molecular formula is C18H25NO7. The lowest BCUT2D eigenvalue weighted by Crippen LogP contribution is -2.53. The number of nitrogens with zero attached hydrogens (tertiary/aromatic N) is 1. The predicted molar refractivity (Wildman–Crippen MR) is 89.1 cm³/mol. The molecule has 8 nitrogen and oxygen atoms in total. The van der Waals surface area contributed by atoms with Gasteiger partial charge in [0.1, 0.15) is 6.61 Å². The van der Waals surface area contributed by atoms with E-state index in [-0.39, 0.29) is 18.0 Å². The molecule has 3 aliphatic rings. The molecule has 1 unspecified atom stereocenters. The molecule has 0 aromatic heterocycles. The van der Waals surface area contributed by atoms with Gasteiger partial charge in [-0.3, -0.25) is 4.79 Å². The molecule has 2 saturated heterocycles. The van der Waals surface area contributed by atoms with Gasteiger partial charge in [0, 0.05) is 31.0 Å². The Balaban J connectivity index is 2.02. The molecule has 0 radical (unpaired) electrons. The van der Waals surface area contributed by atoms with Crippen molar-refractivity contribution < 1.29 is 33.7 Å². The van der Waals surface area contributed by atoms with Gasteiger partial charge in [-0.1, -0.05) is 13.0 Å². The highest BCUT2D eigenvalue weighted by atomic mass is 16.7. The molecule has 0 aliphatic carbocycles. The predicted octanol–water partition coefficient (Wildman–Crippen LogP) is -0.169. The fourth-order valence-electron chi connectivity index (χ4n) is 3.58. The number of fused-ring (bicyclic) bond motifs is 2. The second-order valence-corrected chi connectivity index (χ2v) is 7.54. The number of carbonyl (C=O) groups is 3. The molecule has 2 bridgehead atoms. The van der Waals surface area contributed by atoms with E-state index >= 15 is 0 Å². The number of epoxide rings is 1. The highest BCUT2D eigenvalue weighted by molar-refractivity contribution is 6.01. The number of Topliss-reactive ketones (excluding diaryl/α,β-unsaturated/α-hetero) is 1. The van der Waals surface area contributed by atoms with Crippen LogP contribution in [0.15, 0.2) is 11.6 Å². The summed E-state index contributed by atoms with van der Waals surface area (Å²) in [6.45, 7) is 5.31. The topological polar surface area (TPSA) is 106 Å². The van der Waals surface area contributed by atoms with E-state index in [2.05, 4.69) is 0 Å². The Labute approximate surface area is 152 Å². The van der Waals surface area contributed by atoms with Crippen molar-refractivity contribution in [3.05, 3.63) is 11.6 Å². The van der Waals surface area contributed by atoms with Gasteiger partial charge in [-0.2, -0.15) is 0 Å². The Hall–Kier alpha value is -1.77. The number of ketones is 1. The summed E-state index contributed by atoms with van der Waals surface area (Å²) in [5.74, 6) is -2.91. The number of cyclic esters (lactones) is 1. The summed E-state index contributed by atoms with van der Waals surface area (Å²) in [5.41, 5.74) is -3.17. The minimum absolute atomic E-state index is 0.256. The van der Waals surface area contributed by atoms with Crippen LogP contribution in [0.2, 0.25) is 0 Å². The zero-order valence-corrected chi connectivity index (χ0v) is 15.5. The van der Waals surface area contributed by atoms with Gasteiger partial charge in [-0.25, -0.2) is 9.59 Å². The molecule has 0 aromatic carbocycles. The van der Waals surface area contributed by atoms with Gasteiger partial charge in [0.2, 0.25) is 5.78 Å². The van der Waals surface area contributed by atoms with Crippen molar-refractivity contribution in [3.63, 3.8) is 0 Å². The molecule has 0 amide bonds. The SMILES string of the molecule is CC1O[C@@]12C(=O)O[C@@H]1CCN(C)C/C=C(/COC(=O)[C@](C)(O)[C@H]2C)C1=O. The number of hydrogen-bond donors (Lipinski definition) is 1. The molecule has 26 heavy (non-hydrogen) atoms. The van der Waals surface area contributed by atoms with E-state index in [0.29, 0.717) is 19.5 Å². The normalized spacial score (nSPS) is 44.1. The van der Waals surface area contributed by atoms with Crippen LogP contribution in [0.25, 0.3) is 0 Å². The first-order valence-electron chi connectivity index (χ1n) is 8.81. The average Bonchev–Trinajstić information content (AvgIpc) is 3.27. The van der Waals surface area contributed by atoms with E-state index in [1.54, 1.807) is 19.9 Å². The maximum Gasteiger partial charge on any atom is 0.342 e. The summed E-state index contributed by atoms with van der Waals surface area (Å²) in [6.07, 6.45) is 0.490. The first kappa shape index (κ1) is 19.0. The van der Waals surface area contributed by atoms with Crippen LogP contribution in [0, 0.1) is 5.92 Å². The van der Waals surface area contributed by atoms with E-state index in [1.807, 2.05) is 11.9 Å². The van der Waals surface area contributed by atoms with Crippen molar-refractivity contribution in [2.45, 2.75) is 50.6 Å². The lowest BCUT2D eigenvalue weighted by Gasteiger charge is -2.31. The highest BCUT2D eigenvalue weighted by Crippen LogP contribution is 2.48. The molecule has 1 spiro atoms. The van der Waals surface area contributed by atoms with Crippen molar-refractivity contribution in [1.82, 2.24) is 4.90 Å². The van der Waals surface area contributed by atoms with Gasteiger partial charge in [0.05, 0.1) is 6.10 Å². The van der Waals surface area contributed by atoms with Crippen LogP contribution in [-0.2, 0) is 28.6 Å². The number of carbonyl (C=O) groups excluding carboxylic acids is 3. The Bertz CT molecular complexity index is 670. The zero-order chi connectivity index (χ0) is 19.3. The Morgan fingerprint density at radius 2 is 1.88 bits per heavy atom. The molecular weight excluding hydrogens is 342 g/mol. The first-order valence-corrected chi connectivity index (χ1v) is 8.81. The molecule has 3 rings (SSSR count). The number of aliphatic hydroxyl groups is 1. The lowest BCUT2D eigenvalue weighted by molar-refractivity contribution is -0.176. The van der Waals surface area contributed by atoms with E-state index in [0.717, 1.165) is 0 Å². The largest absolute Gasteiger partial charge is 0.459 e. The van der Waals surface area contributed by atoms with Crippen LogP contribution < -0.4 is 0 Å². The molecule has 144 valence electrons. The van der Waals surface area contributed by atoms with Crippen molar-refractivity contribution in [1.29, 1.82) is 0 Å².